The highest BCUT2D eigenvalue weighted by molar-refractivity contribution is 9.10. The summed E-state index contributed by atoms with van der Waals surface area (Å²) in [7, 11) is 0. The van der Waals surface area contributed by atoms with Crippen molar-refractivity contribution < 1.29 is 4.39 Å². The first-order valence-electron chi connectivity index (χ1n) is 4.94. The van der Waals surface area contributed by atoms with Gasteiger partial charge in [-0.1, -0.05) is 18.5 Å². The molecule has 0 aliphatic carbocycles. The van der Waals surface area contributed by atoms with Crippen LogP contribution in [0.15, 0.2) is 16.6 Å². The van der Waals surface area contributed by atoms with E-state index in [1.165, 1.54) is 6.07 Å². The zero-order valence-corrected chi connectivity index (χ0v) is 11.1. The van der Waals surface area contributed by atoms with E-state index in [0.29, 0.717) is 15.1 Å². The van der Waals surface area contributed by atoms with Crippen molar-refractivity contribution in [2.75, 3.05) is 6.54 Å². The van der Waals surface area contributed by atoms with E-state index in [1.54, 1.807) is 6.07 Å². The highest BCUT2D eigenvalue weighted by Gasteiger charge is 2.12. The molecule has 1 rings (SSSR count). The molecule has 1 unspecified atom stereocenters. The molecule has 0 heterocycles. The maximum atomic E-state index is 13.6. The molecule has 0 radical (unpaired) electrons. The summed E-state index contributed by atoms with van der Waals surface area (Å²) in [5.74, 6) is -0.234. The number of nitrogens with one attached hydrogen (secondary N) is 1. The number of hydrogen-bond donors (Lipinski definition) is 1. The molecule has 4 heteroatoms. The van der Waals surface area contributed by atoms with Gasteiger partial charge in [0.15, 0.2) is 0 Å². The molecule has 84 valence electrons. The van der Waals surface area contributed by atoms with Gasteiger partial charge >= 0.3 is 0 Å². The average Bonchev–Trinajstić information content (AvgIpc) is 2.20. The first-order chi connectivity index (χ1) is 7.06. The van der Waals surface area contributed by atoms with Gasteiger partial charge in [-0.25, -0.2) is 4.39 Å². The van der Waals surface area contributed by atoms with Gasteiger partial charge in [0, 0.05) is 16.1 Å². The van der Waals surface area contributed by atoms with E-state index in [9.17, 15) is 4.39 Å². The fourth-order valence-corrected chi connectivity index (χ4v) is 1.83. The zero-order chi connectivity index (χ0) is 11.4. The van der Waals surface area contributed by atoms with E-state index in [2.05, 4.69) is 28.2 Å². The van der Waals surface area contributed by atoms with Crippen LogP contribution in [0.2, 0.25) is 5.02 Å². The molecule has 0 aliphatic rings. The Balaban J connectivity index is 2.88. The van der Waals surface area contributed by atoms with Crippen LogP contribution in [0.5, 0.6) is 0 Å². The van der Waals surface area contributed by atoms with Crippen LogP contribution in [0.1, 0.15) is 31.9 Å². The van der Waals surface area contributed by atoms with E-state index < -0.39 is 0 Å². The molecule has 1 aromatic carbocycles. The van der Waals surface area contributed by atoms with E-state index >= 15 is 0 Å². The van der Waals surface area contributed by atoms with Gasteiger partial charge in [-0.2, -0.15) is 0 Å². The monoisotopic (exact) mass is 293 g/mol. The van der Waals surface area contributed by atoms with Crippen LogP contribution in [0.4, 0.5) is 4.39 Å². The summed E-state index contributed by atoms with van der Waals surface area (Å²) >= 11 is 9.11. The van der Waals surface area contributed by atoms with Gasteiger partial charge < -0.3 is 5.32 Å². The average molecular weight is 295 g/mol. The van der Waals surface area contributed by atoms with Gasteiger partial charge in [-0.3, -0.25) is 0 Å². The Morgan fingerprint density at radius 2 is 2.20 bits per heavy atom. The highest BCUT2D eigenvalue weighted by atomic mass is 79.9. The molecule has 0 aliphatic heterocycles. The first-order valence-corrected chi connectivity index (χ1v) is 6.11. The van der Waals surface area contributed by atoms with Gasteiger partial charge in [0.05, 0.1) is 5.02 Å². The minimum absolute atomic E-state index is 0.0180. The lowest BCUT2D eigenvalue weighted by molar-refractivity contribution is 0.527. The summed E-state index contributed by atoms with van der Waals surface area (Å²) in [4.78, 5) is 0. The van der Waals surface area contributed by atoms with Crippen LogP contribution in [0, 0.1) is 5.82 Å². The lowest BCUT2D eigenvalue weighted by Gasteiger charge is -2.15. The quantitative estimate of drug-likeness (QED) is 0.816. The van der Waals surface area contributed by atoms with Crippen molar-refractivity contribution in [3.63, 3.8) is 0 Å². The minimum Gasteiger partial charge on any atom is -0.310 e. The Hall–Kier alpha value is -0.120. The Morgan fingerprint density at radius 1 is 1.53 bits per heavy atom. The lowest BCUT2D eigenvalue weighted by atomic mass is 10.1. The van der Waals surface area contributed by atoms with Crippen molar-refractivity contribution >= 4 is 27.5 Å². The summed E-state index contributed by atoms with van der Waals surface area (Å²) in [6, 6.07) is 3.05. The third-order valence-corrected chi connectivity index (χ3v) is 3.40. The summed E-state index contributed by atoms with van der Waals surface area (Å²) in [6.45, 7) is 4.87. The van der Waals surface area contributed by atoms with Gasteiger partial charge in [0.2, 0.25) is 0 Å². The fraction of sp³-hybridized carbons (Fsp3) is 0.455. The Bertz CT molecular complexity index is 344. The van der Waals surface area contributed by atoms with Crippen LogP contribution in [-0.4, -0.2) is 6.54 Å². The minimum atomic E-state index is -0.234. The molecule has 0 spiro atoms. The van der Waals surface area contributed by atoms with Crippen LogP contribution in [0.25, 0.3) is 0 Å². The SMILES string of the molecule is CCCNC(C)c1cc(Cl)c(Br)cc1F. The van der Waals surface area contributed by atoms with Gasteiger partial charge in [0.1, 0.15) is 5.82 Å². The van der Waals surface area contributed by atoms with Crippen LogP contribution >= 0.6 is 27.5 Å². The molecule has 0 amide bonds. The molecule has 0 saturated heterocycles. The molecular weight excluding hydrogens is 280 g/mol. The van der Waals surface area contributed by atoms with Gasteiger partial charge in [-0.15, -0.1) is 0 Å². The van der Waals surface area contributed by atoms with Crippen molar-refractivity contribution in [3.8, 4) is 0 Å². The van der Waals surface area contributed by atoms with E-state index in [-0.39, 0.29) is 11.9 Å². The molecule has 15 heavy (non-hydrogen) atoms. The molecule has 1 nitrogen and oxygen atoms in total. The highest BCUT2D eigenvalue weighted by Crippen LogP contribution is 2.28. The Labute approximate surface area is 103 Å². The smallest absolute Gasteiger partial charge is 0.129 e. The summed E-state index contributed by atoms with van der Waals surface area (Å²) < 4.78 is 14.2. The van der Waals surface area contributed by atoms with E-state index in [1.807, 2.05) is 6.92 Å². The molecule has 1 atom stereocenters. The second-order valence-corrected chi connectivity index (χ2v) is 4.73. The number of halogens is 3. The van der Waals surface area contributed by atoms with Crippen molar-refractivity contribution in [1.82, 2.24) is 5.32 Å². The van der Waals surface area contributed by atoms with Gasteiger partial charge in [0.25, 0.3) is 0 Å². The van der Waals surface area contributed by atoms with Crippen molar-refractivity contribution in [1.29, 1.82) is 0 Å². The maximum absolute atomic E-state index is 13.6. The van der Waals surface area contributed by atoms with Crippen LogP contribution in [-0.2, 0) is 0 Å². The number of rotatable bonds is 4. The summed E-state index contributed by atoms with van der Waals surface area (Å²) in [6.07, 6.45) is 1.02. The maximum Gasteiger partial charge on any atom is 0.129 e. The topological polar surface area (TPSA) is 12.0 Å². The van der Waals surface area contributed by atoms with Gasteiger partial charge in [-0.05, 0) is 48.0 Å². The van der Waals surface area contributed by atoms with Crippen molar-refractivity contribution in [3.05, 3.63) is 33.0 Å². The molecule has 0 fully saturated rings. The normalized spacial score (nSPS) is 12.9. The Kier molecular flexibility index (Phi) is 5.03. The molecule has 0 saturated carbocycles. The Morgan fingerprint density at radius 3 is 2.80 bits per heavy atom. The largest absolute Gasteiger partial charge is 0.310 e. The lowest BCUT2D eigenvalue weighted by Crippen LogP contribution is -2.20. The van der Waals surface area contributed by atoms with Crippen molar-refractivity contribution in [2.24, 2.45) is 0 Å². The predicted molar refractivity (Wildman–Crippen MR) is 65.8 cm³/mol. The zero-order valence-electron chi connectivity index (χ0n) is 8.78. The van der Waals surface area contributed by atoms with Crippen LogP contribution < -0.4 is 5.32 Å². The molecule has 1 aromatic rings. The second-order valence-electron chi connectivity index (χ2n) is 3.46. The predicted octanol–water partition coefficient (Wildman–Crippen LogP) is 4.30. The van der Waals surface area contributed by atoms with Crippen LogP contribution in [0.3, 0.4) is 0 Å². The third kappa shape index (κ3) is 3.44. The number of benzene rings is 1. The van der Waals surface area contributed by atoms with E-state index in [0.717, 1.165) is 13.0 Å². The number of hydrogen-bond acceptors (Lipinski definition) is 1. The third-order valence-electron chi connectivity index (χ3n) is 2.21. The molecule has 0 aromatic heterocycles. The van der Waals surface area contributed by atoms with Crippen molar-refractivity contribution in [2.45, 2.75) is 26.3 Å². The molecular formula is C11H14BrClFN. The fourth-order valence-electron chi connectivity index (χ4n) is 1.34. The first kappa shape index (κ1) is 12.9. The molecule has 1 N–H and O–H groups in total. The molecule has 0 bridgehead atoms. The van der Waals surface area contributed by atoms with E-state index in [4.69, 9.17) is 11.6 Å². The summed E-state index contributed by atoms with van der Waals surface area (Å²) in [5.41, 5.74) is 0.608. The standard InChI is InChI=1S/C11H14BrClFN/c1-3-4-15-7(2)8-5-10(13)9(12)6-11(8)14/h5-7,15H,3-4H2,1-2H3. The summed E-state index contributed by atoms with van der Waals surface area (Å²) in [5, 5.41) is 3.76. The second kappa shape index (κ2) is 5.83.